The Morgan fingerprint density at radius 1 is 1.18 bits per heavy atom. The number of rotatable bonds is 7. The first kappa shape index (κ1) is 21.1. The molecule has 0 saturated carbocycles. The van der Waals surface area contributed by atoms with Crippen LogP contribution in [0.25, 0.3) is 0 Å². The minimum Gasteiger partial charge on any atom is -0.466 e. The van der Waals surface area contributed by atoms with Crippen LogP contribution in [0.1, 0.15) is 49.4 Å². The summed E-state index contributed by atoms with van der Waals surface area (Å²) >= 11 is 1.74. The van der Waals surface area contributed by atoms with Crippen molar-refractivity contribution in [2.75, 3.05) is 45.1 Å². The zero-order chi connectivity index (χ0) is 19.8. The molecule has 0 N–H and O–H groups in total. The average molecular weight is 406 g/mol. The minimum atomic E-state index is -0.213. The van der Waals surface area contributed by atoms with Crippen molar-refractivity contribution in [3.05, 3.63) is 23.9 Å². The fourth-order valence-electron chi connectivity index (χ4n) is 3.85. The zero-order valence-electron chi connectivity index (χ0n) is 16.8. The van der Waals surface area contributed by atoms with Gasteiger partial charge in [0.25, 0.3) is 5.91 Å². The van der Waals surface area contributed by atoms with E-state index in [0.29, 0.717) is 25.3 Å². The number of aromatic nitrogens is 1. The predicted molar refractivity (Wildman–Crippen MR) is 111 cm³/mol. The quantitative estimate of drug-likeness (QED) is 0.513. The van der Waals surface area contributed by atoms with Crippen molar-refractivity contribution in [3.8, 4) is 0 Å². The van der Waals surface area contributed by atoms with E-state index in [1.165, 1.54) is 32.4 Å². The predicted octanol–water partition coefficient (Wildman–Crippen LogP) is 3.07. The van der Waals surface area contributed by atoms with Crippen LogP contribution in [0.4, 0.5) is 0 Å². The second-order valence-electron chi connectivity index (χ2n) is 7.48. The van der Waals surface area contributed by atoms with Gasteiger partial charge in [-0.3, -0.25) is 9.59 Å². The first-order valence-electron chi connectivity index (χ1n) is 10.4. The largest absolute Gasteiger partial charge is 0.466 e. The fourth-order valence-corrected chi connectivity index (χ4v) is 4.70. The van der Waals surface area contributed by atoms with E-state index in [0.717, 1.165) is 30.2 Å². The number of carbonyl (C=O) groups excluding carboxylic acids is 2. The number of ether oxygens (including phenoxy) is 1. The summed E-state index contributed by atoms with van der Waals surface area (Å²) in [6, 6.07) is 3.79. The number of hydrogen-bond acceptors (Lipinski definition) is 6. The van der Waals surface area contributed by atoms with Crippen molar-refractivity contribution in [2.24, 2.45) is 5.92 Å². The van der Waals surface area contributed by atoms with Gasteiger partial charge in [0.05, 0.1) is 23.1 Å². The third-order valence-corrected chi connectivity index (χ3v) is 6.34. The molecule has 1 aromatic rings. The van der Waals surface area contributed by atoms with Crippen LogP contribution in [0.5, 0.6) is 0 Å². The number of likely N-dealkylation sites (tertiary alicyclic amines) is 2. The molecule has 0 spiro atoms. The van der Waals surface area contributed by atoms with E-state index in [9.17, 15) is 9.59 Å². The lowest BCUT2D eigenvalue weighted by atomic mass is 9.97. The Bertz CT molecular complexity index is 647. The molecule has 7 heteroatoms. The lowest BCUT2D eigenvalue weighted by Gasteiger charge is -2.31. The van der Waals surface area contributed by atoms with Gasteiger partial charge in [0.2, 0.25) is 0 Å². The molecule has 6 nitrogen and oxygen atoms in total. The number of carbonyl (C=O) groups is 2. The number of amides is 1. The molecule has 2 aliphatic heterocycles. The maximum Gasteiger partial charge on any atom is 0.310 e. The number of nitrogens with zero attached hydrogens (tertiary/aromatic N) is 3. The van der Waals surface area contributed by atoms with E-state index in [2.05, 4.69) is 9.88 Å². The molecule has 1 unspecified atom stereocenters. The van der Waals surface area contributed by atoms with Gasteiger partial charge in [0.1, 0.15) is 0 Å². The highest BCUT2D eigenvalue weighted by Gasteiger charge is 2.29. The number of piperidine rings is 2. The van der Waals surface area contributed by atoms with Gasteiger partial charge in [-0.1, -0.05) is 6.42 Å². The molecular formula is C21H31N3O3S. The van der Waals surface area contributed by atoms with Gasteiger partial charge in [0.15, 0.2) is 0 Å². The summed E-state index contributed by atoms with van der Waals surface area (Å²) in [4.78, 5) is 33.5. The summed E-state index contributed by atoms with van der Waals surface area (Å²) in [5.41, 5.74) is 0.588. The number of thioether (sulfide) groups is 1. The molecule has 0 bridgehead atoms. The number of esters is 1. The first-order chi connectivity index (χ1) is 13.7. The van der Waals surface area contributed by atoms with Gasteiger partial charge in [-0.15, -0.1) is 11.8 Å². The number of pyridine rings is 1. The topological polar surface area (TPSA) is 62.7 Å². The number of hydrogen-bond donors (Lipinski definition) is 0. The first-order valence-corrected chi connectivity index (χ1v) is 11.4. The summed E-state index contributed by atoms with van der Waals surface area (Å²) in [6.07, 6.45) is 7.26. The van der Waals surface area contributed by atoms with Crippen LogP contribution in [-0.4, -0.2) is 71.7 Å². The summed E-state index contributed by atoms with van der Waals surface area (Å²) in [5, 5.41) is 0.955. The van der Waals surface area contributed by atoms with E-state index in [1.54, 1.807) is 29.8 Å². The van der Waals surface area contributed by atoms with Crippen LogP contribution in [-0.2, 0) is 9.53 Å². The Hall–Kier alpha value is -1.60. The van der Waals surface area contributed by atoms with Crippen molar-refractivity contribution in [1.82, 2.24) is 14.8 Å². The molecule has 2 aliphatic rings. The molecule has 154 valence electrons. The van der Waals surface area contributed by atoms with Gasteiger partial charge < -0.3 is 14.5 Å². The van der Waals surface area contributed by atoms with Crippen LogP contribution in [0.3, 0.4) is 0 Å². The molecule has 0 aliphatic carbocycles. The van der Waals surface area contributed by atoms with Crippen LogP contribution >= 0.6 is 11.8 Å². The van der Waals surface area contributed by atoms with Crippen molar-refractivity contribution >= 4 is 23.6 Å². The van der Waals surface area contributed by atoms with Gasteiger partial charge in [0, 0.05) is 31.6 Å². The molecule has 3 rings (SSSR count). The van der Waals surface area contributed by atoms with Gasteiger partial charge in [-0.2, -0.15) is 0 Å². The van der Waals surface area contributed by atoms with Crippen LogP contribution in [0, 0.1) is 5.92 Å². The Kier molecular flexibility index (Phi) is 8.15. The van der Waals surface area contributed by atoms with Crippen LogP contribution in [0.15, 0.2) is 23.4 Å². The third-order valence-electron chi connectivity index (χ3n) is 5.42. The highest BCUT2D eigenvalue weighted by atomic mass is 32.2. The summed E-state index contributed by atoms with van der Waals surface area (Å²) in [5.74, 6) is 0.563. The highest BCUT2D eigenvalue weighted by Crippen LogP contribution is 2.21. The van der Waals surface area contributed by atoms with E-state index >= 15 is 0 Å². The third kappa shape index (κ3) is 5.95. The average Bonchev–Trinajstić information content (AvgIpc) is 2.75. The molecule has 0 aromatic carbocycles. The Morgan fingerprint density at radius 3 is 2.71 bits per heavy atom. The van der Waals surface area contributed by atoms with Gasteiger partial charge in [-0.25, -0.2) is 4.98 Å². The van der Waals surface area contributed by atoms with Crippen molar-refractivity contribution in [2.45, 2.75) is 44.1 Å². The molecular weight excluding hydrogens is 374 g/mol. The van der Waals surface area contributed by atoms with Crippen LogP contribution in [0.2, 0.25) is 0 Å². The Morgan fingerprint density at radius 2 is 2.00 bits per heavy atom. The van der Waals surface area contributed by atoms with Crippen LogP contribution < -0.4 is 0 Å². The Labute approximate surface area is 172 Å². The van der Waals surface area contributed by atoms with Crippen molar-refractivity contribution in [1.29, 1.82) is 0 Å². The standard InChI is InChI=1S/C21H31N3O3S/c1-2-27-21(26)18-7-6-12-24(16-18)20(25)17-8-9-19(22-15-17)28-14-13-23-10-4-3-5-11-23/h8-9,15,18H,2-7,10-14,16H2,1H3. The Balaban J connectivity index is 1.48. The summed E-state index contributed by atoms with van der Waals surface area (Å²) < 4.78 is 5.12. The minimum absolute atomic E-state index is 0.0497. The van der Waals surface area contributed by atoms with Gasteiger partial charge in [-0.05, 0) is 57.8 Å². The van der Waals surface area contributed by atoms with Crippen molar-refractivity contribution < 1.29 is 14.3 Å². The zero-order valence-corrected chi connectivity index (χ0v) is 17.6. The molecule has 1 aromatic heterocycles. The molecule has 1 amide bonds. The van der Waals surface area contributed by atoms with Crippen molar-refractivity contribution in [3.63, 3.8) is 0 Å². The maximum absolute atomic E-state index is 12.8. The second kappa shape index (κ2) is 10.8. The monoisotopic (exact) mass is 405 g/mol. The van der Waals surface area contributed by atoms with Gasteiger partial charge >= 0.3 is 5.97 Å². The van der Waals surface area contributed by atoms with E-state index in [-0.39, 0.29) is 17.8 Å². The molecule has 2 fully saturated rings. The summed E-state index contributed by atoms with van der Waals surface area (Å²) in [6.45, 7) is 6.82. The smallest absolute Gasteiger partial charge is 0.310 e. The SMILES string of the molecule is CCOC(=O)C1CCCN(C(=O)c2ccc(SCCN3CCCCC3)nc2)C1. The lowest BCUT2D eigenvalue weighted by Crippen LogP contribution is -2.42. The fraction of sp³-hybridized carbons (Fsp3) is 0.667. The maximum atomic E-state index is 12.8. The normalized spacial score (nSPS) is 20.8. The van der Waals surface area contributed by atoms with E-state index in [4.69, 9.17) is 4.74 Å². The second-order valence-corrected chi connectivity index (χ2v) is 8.59. The molecule has 28 heavy (non-hydrogen) atoms. The highest BCUT2D eigenvalue weighted by molar-refractivity contribution is 7.99. The molecule has 0 radical (unpaired) electrons. The van der Waals surface area contributed by atoms with E-state index in [1.807, 2.05) is 12.1 Å². The molecule has 2 saturated heterocycles. The molecule has 1 atom stereocenters. The molecule has 3 heterocycles. The van der Waals surface area contributed by atoms with E-state index < -0.39 is 0 Å². The lowest BCUT2D eigenvalue weighted by molar-refractivity contribution is -0.149. The summed E-state index contributed by atoms with van der Waals surface area (Å²) in [7, 11) is 0.